The van der Waals surface area contributed by atoms with Crippen LogP contribution in [0.4, 0.5) is 0 Å². The molecule has 1 aromatic heterocycles. The van der Waals surface area contributed by atoms with Crippen LogP contribution in [-0.2, 0) is 6.54 Å². The lowest BCUT2D eigenvalue weighted by atomic mass is 9.87. The molecule has 3 aliphatic carbocycles. The Morgan fingerprint density at radius 1 is 0.951 bits per heavy atom. The van der Waals surface area contributed by atoms with Crippen LogP contribution < -0.4 is 10.6 Å². The first-order chi connectivity index (χ1) is 20.2. The quantitative estimate of drug-likeness (QED) is 0.339. The molecule has 1 saturated heterocycles. The minimum Gasteiger partial charge on any atom is -0.296 e. The maximum absolute atomic E-state index is 5.12. The molecule has 2 heterocycles. The van der Waals surface area contributed by atoms with E-state index < -0.39 is 0 Å². The number of nitrogens with zero attached hydrogens (tertiary/aromatic N) is 3. The molecule has 0 N–H and O–H groups in total. The third-order valence-electron chi connectivity index (χ3n) is 9.81. The average molecular weight is 546 g/mol. The van der Waals surface area contributed by atoms with Crippen LogP contribution in [0.1, 0.15) is 81.7 Å². The van der Waals surface area contributed by atoms with Crippen molar-refractivity contribution in [2.45, 2.75) is 77.4 Å². The van der Waals surface area contributed by atoms with E-state index in [4.69, 9.17) is 4.98 Å². The fourth-order valence-corrected chi connectivity index (χ4v) is 7.20. The standard InChI is InChI=1S/C38H47N3/c1-29-13-9-10-16-32(29)21-24-41(28-31-14-5-3-6-15-31)34-22-25-40(26-23-34)30(2)36-27-38(33-17-7-4-8-18-33)39-37-20-12-11-19-35(36)37/h3,5-7,9-10,13-20,27,29-30,32,34H,4,8,11-12,21-26,28H2,1-2H3/t29-,30?,32?/m0/s1. The highest BCUT2D eigenvalue weighted by atomic mass is 15.2. The van der Waals surface area contributed by atoms with E-state index in [0.29, 0.717) is 23.9 Å². The second kappa shape index (κ2) is 13.3. The van der Waals surface area contributed by atoms with Gasteiger partial charge in [0.05, 0.1) is 11.0 Å². The predicted molar refractivity (Wildman–Crippen MR) is 173 cm³/mol. The van der Waals surface area contributed by atoms with E-state index >= 15 is 0 Å². The number of allylic oxidation sites excluding steroid dienone is 8. The van der Waals surface area contributed by atoms with Gasteiger partial charge in [0.1, 0.15) is 0 Å². The maximum atomic E-state index is 5.12. The number of rotatable bonds is 9. The molecule has 2 aromatic rings. The molecular weight excluding hydrogens is 498 g/mol. The molecule has 0 spiro atoms. The number of fused-ring (bicyclic) bond motifs is 1. The smallest absolute Gasteiger partial charge is 0.0709 e. The third kappa shape index (κ3) is 6.74. The molecule has 214 valence electrons. The molecule has 1 aromatic carbocycles. The topological polar surface area (TPSA) is 19.4 Å². The predicted octanol–water partition coefficient (Wildman–Crippen LogP) is 6.97. The summed E-state index contributed by atoms with van der Waals surface area (Å²) in [6.07, 6.45) is 29.1. The van der Waals surface area contributed by atoms with E-state index in [-0.39, 0.29) is 0 Å². The zero-order chi connectivity index (χ0) is 28.0. The van der Waals surface area contributed by atoms with E-state index in [1.54, 1.807) is 0 Å². The Balaban J connectivity index is 1.17. The van der Waals surface area contributed by atoms with Gasteiger partial charge in [0.25, 0.3) is 0 Å². The van der Waals surface area contributed by atoms with E-state index in [2.05, 4.69) is 115 Å². The van der Waals surface area contributed by atoms with E-state index in [9.17, 15) is 0 Å². The maximum Gasteiger partial charge on any atom is 0.0709 e. The molecule has 6 rings (SSSR count). The van der Waals surface area contributed by atoms with Gasteiger partial charge in [0.2, 0.25) is 0 Å². The number of likely N-dealkylation sites (tertiary alicyclic amines) is 1. The summed E-state index contributed by atoms with van der Waals surface area (Å²) in [5, 5.41) is 2.57. The second-order valence-electron chi connectivity index (χ2n) is 12.5. The highest BCUT2D eigenvalue weighted by Crippen LogP contribution is 2.29. The highest BCUT2D eigenvalue weighted by Gasteiger charge is 2.29. The summed E-state index contributed by atoms with van der Waals surface area (Å²) < 4.78 is 0. The first kappa shape index (κ1) is 28.1. The molecule has 1 aliphatic heterocycles. The lowest BCUT2D eigenvalue weighted by Crippen LogP contribution is -2.47. The first-order valence-electron chi connectivity index (χ1n) is 16.1. The Kier molecular flexibility index (Phi) is 9.13. The molecule has 2 unspecified atom stereocenters. The lowest BCUT2D eigenvalue weighted by molar-refractivity contribution is 0.0790. The SMILES string of the molecule is CC(c1cc(C2=CCCC=C2)nc2c1=CCCC=2)N1CCC(N(CCC2C=CC=C[C@@H]2C)Cc2ccccc2)CC1. The van der Waals surface area contributed by atoms with Crippen molar-refractivity contribution in [2.24, 2.45) is 11.8 Å². The minimum atomic E-state index is 0.393. The van der Waals surface area contributed by atoms with Crippen molar-refractivity contribution in [2.75, 3.05) is 19.6 Å². The Hall–Kier alpha value is -3.01. The Labute approximate surface area is 247 Å². The van der Waals surface area contributed by atoms with Crippen LogP contribution in [0, 0.1) is 11.8 Å². The molecule has 3 atom stereocenters. The first-order valence-corrected chi connectivity index (χ1v) is 16.1. The molecule has 0 radical (unpaired) electrons. The molecule has 3 nitrogen and oxygen atoms in total. The van der Waals surface area contributed by atoms with Gasteiger partial charge >= 0.3 is 0 Å². The molecule has 4 aliphatic rings. The molecule has 3 heteroatoms. The molecule has 0 bridgehead atoms. The molecular formula is C38H47N3. The summed E-state index contributed by atoms with van der Waals surface area (Å²) in [6, 6.07) is 14.5. The zero-order valence-electron chi connectivity index (χ0n) is 25.1. The van der Waals surface area contributed by atoms with Gasteiger partial charge in [-0.1, -0.05) is 91.9 Å². The van der Waals surface area contributed by atoms with Crippen LogP contribution in [0.5, 0.6) is 0 Å². The largest absolute Gasteiger partial charge is 0.296 e. The van der Waals surface area contributed by atoms with E-state index in [0.717, 1.165) is 57.6 Å². The summed E-state index contributed by atoms with van der Waals surface area (Å²) in [5.74, 6) is 1.28. The monoisotopic (exact) mass is 545 g/mol. The van der Waals surface area contributed by atoms with Gasteiger partial charge in [0, 0.05) is 36.9 Å². The van der Waals surface area contributed by atoms with Crippen LogP contribution in [0.25, 0.3) is 17.7 Å². The molecule has 0 amide bonds. The van der Waals surface area contributed by atoms with Crippen molar-refractivity contribution in [1.29, 1.82) is 0 Å². The second-order valence-corrected chi connectivity index (χ2v) is 12.5. The number of hydrogen-bond acceptors (Lipinski definition) is 3. The van der Waals surface area contributed by atoms with Gasteiger partial charge < -0.3 is 0 Å². The van der Waals surface area contributed by atoms with Crippen molar-refractivity contribution in [3.8, 4) is 0 Å². The van der Waals surface area contributed by atoms with Gasteiger partial charge in [-0.05, 0) is 93.0 Å². The van der Waals surface area contributed by atoms with Gasteiger partial charge in [-0.2, -0.15) is 0 Å². The van der Waals surface area contributed by atoms with Crippen LogP contribution in [0.15, 0.2) is 78.9 Å². The number of aromatic nitrogens is 1. The molecule has 1 fully saturated rings. The van der Waals surface area contributed by atoms with Crippen molar-refractivity contribution in [3.05, 3.63) is 106 Å². The number of pyridine rings is 1. The zero-order valence-corrected chi connectivity index (χ0v) is 25.1. The van der Waals surface area contributed by atoms with Crippen molar-refractivity contribution >= 4 is 17.7 Å². The average Bonchev–Trinajstić information content (AvgIpc) is 3.04. The lowest BCUT2D eigenvalue weighted by Gasteiger charge is -2.41. The minimum absolute atomic E-state index is 0.393. The van der Waals surface area contributed by atoms with Crippen LogP contribution in [0.3, 0.4) is 0 Å². The highest BCUT2D eigenvalue weighted by molar-refractivity contribution is 5.73. The molecule has 41 heavy (non-hydrogen) atoms. The van der Waals surface area contributed by atoms with Gasteiger partial charge in [-0.15, -0.1) is 0 Å². The fraction of sp³-hybridized carbons (Fsp3) is 0.447. The van der Waals surface area contributed by atoms with Crippen molar-refractivity contribution in [1.82, 2.24) is 14.8 Å². The summed E-state index contributed by atoms with van der Waals surface area (Å²) in [5.41, 5.74) is 5.34. The summed E-state index contributed by atoms with van der Waals surface area (Å²) in [6.45, 7) is 9.31. The van der Waals surface area contributed by atoms with Crippen LogP contribution >= 0.6 is 0 Å². The van der Waals surface area contributed by atoms with Gasteiger partial charge in [-0.25, -0.2) is 4.98 Å². The summed E-state index contributed by atoms with van der Waals surface area (Å²) in [4.78, 5) is 10.7. The number of hydrogen-bond donors (Lipinski definition) is 0. The Morgan fingerprint density at radius 2 is 1.73 bits per heavy atom. The summed E-state index contributed by atoms with van der Waals surface area (Å²) in [7, 11) is 0. The third-order valence-corrected chi connectivity index (χ3v) is 9.81. The number of benzene rings is 1. The Morgan fingerprint density at radius 3 is 2.51 bits per heavy atom. The van der Waals surface area contributed by atoms with Crippen LogP contribution in [-0.4, -0.2) is 40.5 Å². The van der Waals surface area contributed by atoms with E-state index in [1.807, 2.05) is 0 Å². The van der Waals surface area contributed by atoms with Gasteiger partial charge in [-0.3, -0.25) is 9.80 Å². The summed E-state index contributed by atoms with van der Waals surface area (Å²) >= 11 is 0. The van der Waals surface area contributed by atoms with Crippen molar-refractivity contribution < 1.29 is 0 Å². The fourth-order valence-electron chi connectivity index (χ4n) is 7.20. The van der Waals surface area contributed by atoms with E-state index in [1.165, 1.54) is 46.5 Å². The molecule has 0 saturated carbocycles. The Bertz CT molecular complexity index is 1420. The van der Waals surface area contributed by atoms with Gasteiger partial charge in [0.15, 0.2) is 0 Å². The van der Waals surface area contributed by atoms with Crippen molar-refractivity contribution in [3.63, 3.8) is 0 Å². The normalized spacial score (nSPS) is 23.5. The van der Waals surface area contributed by atoms with Crippen LogP contribution in [0.2, 0.25) is 0 Å². The number of piperidine rings is 1.